The smallest absolute Gasteiger partial charge is 0.421 e. The van der Waals surface area contributed by atoms with E-state index in [1.165, 1.54) is 0 Å². The summed E-state index contributed by atoms with van der Waals surface area (Å²) in [6.07, 6.45) is 2.48. The van der Waals surface area contributed by atoms with Crippen molar-refractivity contribution in [1.29, 1.82) is 0 Å². The van der Waals surface area contributed by atoms with E-state index in [2.05, 4.69) is 9.88 Å². The summed E-state index contributed by atoms with van der Waals surface area (Å²) in [5.74, 6) is -0.429. The van der Waals surface area contributed by atoms with Gasteiger partial charge in [0.2, 0.25) is 0 Å². The lowest BCUT2D eigenvalue weighted by Gasteiger charge is -2.20. The van der Waals surface area contributed by atoms with Gasteiger partial charge in [0, 0.05) is 23.5 Å². The average molecular weight is 409 g/mol. The number of likely N-dealkylation sites (tertiary alicyclic amines) is 1. The van der Waals surface area contributed by atoms with Crippen molar-refractivity contribution < 1.29 is 19.4 Å². The fraction of sp³-hybridized carbons (Fsp3) is 0.391. The fourth-order valence-electron chi connectivity index (χ4n) is 4.15. The Bertz CT molecular complexity index is 988. The highest BCUT2D eigenvalue weighted by molar-refractivity contribution is 6.41. The molecule has 7 nitrogen and oxygen atoms in total. The Balaban J connectivity index is 1.51. The SMILES string of the molecule is Cc1cc(C)c(C=C2C(=O)N(C(=O)OCC(O)CN3CCCC3)c3ccccc32)[nH]1. The minimum absolute atomic E-state index is 0.144. The van der Waals surface area contributed by atoms with Gasteiger partial charge in [-0.25, -0.2) is 9.69 Å². The molecular weight excluding hydrogens is 382 g/mol. The number of para-hydroxylation sites is 1. The number of carbonyl (C=O) groups is 2. The first-order chi connectivity index (χ1) is 14.4. The van der Waals surface area contributed by atoms with Crippen molar-refractivity contribution in [2.24, 2.45) is 0 Å². The number of β-amino-alcohol motifs (C(OH)–C–C–N with tert-alkyl or cyclic N) is 1. The number of carbonyl (C=O) groups excluding carboxylic acids is 2. The van der Waals surface area contributed by atoms with Gasteiger partial charge in [-0.2, -0.15) is 0 Å². The molecule has 30 heavy (non-hydrogen) atoms. The molecule has 2 aliphatic heterocycles. The first-order valence-electron chi connectivity index (χ1n) is 10.3. The third-order valence-electron chi connectivity index (χ3n) is 5.60. The van der Waals surface area contributed by atoms with E-state index < -0.39 is 18.1 Å². The first-order valence-corrected chi connectivity index (χ1v) is 10.3. The lowest BCUT2D eigenvalue weighted by Crippen LogP contribution is -2.38. The zero-order chi connectivity index (χ0) is 21.3. The van der Waals surface area contributed by atoms with Crippen molar-refractivity contribution in [2.45, 2.75) is 32.8 Å². The molecule has 1 unspecified atom stereocenters. The molecule has 2 amide bonds. The molecule has 1 aromatic carbocycles. The van der Waals surface area contributed by atoms with Crippen molar-refractivity contribution in [2.75, 3.05) is 31.1 Å². The van der Waals surface area contributed by atoms with Crippen LogP contribution in [-0.4, -0.2) is 59.3 Å². The normalized spacial score (nSPS) is 18.8. The number of aromatic nitrogens is 1. The van der Waals surface area contributed by atoms with Crippen LogP contribution < -0.4 is 4.90 Å². The van der Waals surface area contributed by atoms with E-state index in [9.17, 15) is 14.7 Å². The minimum Gasteiger partial charge on any atom is -0.446 e. The van der Waals surface area contributed by atoms with Gasteiger partial charge >= 0.3 is 6.09 Å². The lowest BCUT2D eigenvalue weighted by molar-refractivity contribution is -0.112. The van der Waals surface area contributed by atoms with Gasteiger partial charge in [0.15, 0.2) is 0 Å². The molecule has 1 atom stereocenters. The Kier molecular flexibility index (Phi) is 5.74. The molecule has 2 aromatic rings. The van der Waals surface area contributed by atoms with Gasteiger partial charge in [-0.1, -0.05) is 18.2 Å². The Labute approximate surface area is 175 Å². The highest BCUT2D eigenvalue weighted by Gasteiger charge is 2.38. The van der Waals surface area contributed by atoms with Gasteiger partial charge in [-0.3, -0.25) is 4.79 Å². The molecule has 0 aliphatic carbocycles. The summed E-state index contributed by atoms with van der Waals surface area (Å²) in [6.45, 7) is 6.15. The molecule has 0 radical (unpaired) electrons. The van der Waals surface area contributed by atoms with E-state index in [4.69, 9.17) is 4.74 Å². The van der Waals surface area contributed by atoms with Crippen molar-refractivity contribution in [3.63, 3.8) is 0 Å². The number of aryl methyl sites for hydroxylation is 2. The number of hydrogen-bond acceptors (Lipinski definition) is 5. The topological polar surface area (TPSA) is 85.9 Å². The summed E-state index contributed by atoms with van der Waals surface area (Å²) >= 11 is 0. The van der Waals surface area contributed by atoms with E-state index in [0.717, 1.165) is 47.8 Å². The standard InChI is InChI=1S/C23H27N3O4/c1-15-11-16(2)24-20(15)12-19-18-7-3-4-8-21(18)26(22(19)28)23(29)30-14-17(27)13-25-9-5-6-10-25/h3-4,7-8,11-12,17,24,27H,5-6,9-10,13-14H2,1-2H3. The summed E-state index contributed by atoms with van der Waals surface area (Å²) in [7, 11) is 0. The number of ether oxygens (including phenoxy) is 1. The molecule has 0 saturated carbocycles. The maximum atomic E-state index is 13.1. The van der Waals surface area contributed by atoms with Gasteiger partial charge in [-0.05, 0) is 63.6 Å². The van der Waals surface area contributed by atoms with Gasteiger partial charge in [0.1, 0.15) is 12.7 Å². The molecule has 0 spiro atoms. The fourth-order valence-corrected chi connectivity index (χ4v) is 4.15. The minimum atomic E-state index is -0.778. The molecule has 2 N–H and O–H groups in total. The van der Waals surface area contributed by atoms with Crippen molar-refractivity contribution in [3.8, 4) is 0 Å². The van der Waals surface area contributed by atoms with Crippen LogP contribution in [0.25, 0.3) is 11.6 Å². The predicted molar refractivity (Wildman–Crippen MR) is 115 cm³/mol. The summed E-state index contributed by atoms with van der Waals surface area (Å²) in [5.41, 5.74) is 4.47. The second kappa shape index (κ2) is 8.45. The summed E-state index contributed by atoms with van der Waals surface area (Å²) in [5, 5.41) is 10.2. The van der Waals surface area contributed by atoms with Crippen LogP contribution in [0.4, 0.5) is 10.5 Å². The van der Waals surface area contributed by atoms with E-state index in [0.29, 0.717) is 23.4 Å². The van der Waals surface area contributed by atoms with Crippen molar-refractivity contribution in [3.05, 3.63) is 52.8 Å². The number of nitrogens with zero attached hydrogens (tertiary/aromatic N) is 2. The second-order valence-electron chi connectivity index (χ2n) is 8.00. The second-order valence-corrected chi connectivity index (χ2v) is 8.00. The van der Waals surface area contributed by atoms with Crippen LogP contribution in [0.5, 0.6) is 0 Å². The lowest BCUT2D eigenvalue weighted by atomic mass is 10.1. The Morgan fingerprint density at radius 3 is 2.70 bits per heavy atom. The average Bonchev–Trinajstić information content (AvgIpc) is 3.40. The van der Waals surface area contributed by atoms with Gasteiger partial charge in [-0.15, -0.1) is 0 Å². The molecular formula is C23H27N3O4. The number of rotatable bonds is 5. The number of imide groups is 1. The summed E-state index contributed by atoms with van der Waals surface area (Å²) < 4.78 is 5.31. The molecule has 3 heterocycles. The van der Waals surface area contributed by atoms with Crippen LogP contribution in [0.1, 0.15) is 35.4 Å². The molecule has 158 valence electrons. The Hall–Kier alpha value is -2.90. The van der Waals surface area contributed by atoms with Gasteiger partial charge < -0.3 is 19.7 Å². The first kappa shape index (κ1) is 20.4. The van der Waals surface area contributed by atoms with Crippen LogP contribution in [0.3, 0.4) is 0 Å². The number of benzene rings is 1. The molecule has 1 saturated heterocycles. The van der Waals surface area contributed by atoms with Crippen LogP contribution in [0, 0.1) is 13.8 Å². The summed E-state index contributed by atoms with van der Waals surface area (Å²) in [4.78, 5) is 32.3. The third kappa shape index (κ3) is 4.04. The molecule has 0 bridgehead atoms. The number of fused-ring (bicyclic) bond motifs is 1. The number of aromatic amines is 1. The van der Waals surface area contributed by atoms with E-state index in [1.54, 1.807) is 18.2 Å². The Morgan fingerprint density at radius 2 is 2.00 bits per heavy atom. The van der Waals surface area contributed by atoms with E-state index in [1.807, 2.05) is 32.0 Å². The van der Waals surface area contributed by atoms with Crippen LogP contribution in [0.15, 0.2) is 30.3 Å². The van der Waals surface area contributed by atoms with Gasteiger partial charge in [0.25, 0.3) is 5.91 Å². The maximum absolute atomic E-state index is 13.1. The van der Waals surface area contributed by atoms with Crippen molar-refractivity contribution >= 4 is 29.3 Å². The quantitative estimate of drug-likeness (QED) is 0.741. The number of aliphatic hydroxyl groups is 1. The van der Waals surface area contributed by atoms with Gasteiger partial charge in [0.05, 0.1) is 11.3 Å². The largest absolute Gasteiger partial charge is 0.446 e. The highest BCUT2D eigenvalue weighted by Crippen LogP contribution is 2.38. The maximum Gasteiger partial charge on any atom is 0.421 e. The van der Waals surface area contributed by atoms with Crippen LogP contribution >= 0.6 is 0 Å². The number of nitrogens with one attached hydrogen (secondary N) is 1. The number of amides is 2. The number of hydrogen-bond donors (Lipinski definition) is 2. The van der Waals surface area contributed by atoms with E-state index in [-0.39, 0.29) is 6.61 Å². The Morgan fingerprint density at radius 1 is 1.27 bits per heavy atom. The highest BCUT2D eigenvalue weighted by atomic mass is 16.6. The van der Waals surface area contributed by atoms with Crippen LogP contribution in [0.2, 0.25) is 0 Å². The molecule has 4 rings (SSSR count). The number of anilines is 1. The summed E-state index contributed by atoms with van der Waals surface area (Å²) in [6, 6.07) is 9.16. The predicted octanol–water partition coefficient (Wildman–Crippen LogP) is 3.11. The van der Waals surface area contributed by atoms with E-state index >= 15 is 0 Å². The molecule has 1 fully saturated rings. The zero-order valence-corrected chi connectivity index (χ0v) is 17.4. The van der Waals surface area contributed by atoms with Crippen molar-refractivity contribution in [1.82, 2.24) is 9.88 Å². The third-order valence-corrected chi connectivity index (χ3v) is 5.60. The monoisotopic (exact) mass is 409 g/mol. The van der Waals surface area contributed by atoms with Crippen LogP contribution in [-0.2, 0) is 9.53 Å². The molecule has 2 aliphatic rings. The molecule has 7 heteroatoms. The zero-order valence-electron chi connectivity index (χ0n) is 17.4. The number of aliphatic hydroxyl groups excluding tert-OH is 1. The number of H-pyrrole nitrogens is 1. The molecule has 1 aromatic heterocycles.